The highest BCUT2D eigenvalue weighted by Gasteiger charge is 2.22. The highest BCUT2D eigenvalue weighted by atomic mass is 32.1. The molecule has 1 aromatic carbocycles. The minimum Gasteiger partial charge on any atom is -0.326 e. The van der Waals surface area contributed by atoms with Crippen LogP contribution in [-0.2, 0) is 4.79 Å². The lowest BCUT2D eigenvalue weighted by Crippen LogP contribution is -2.32. The SMILES string of the molecule is CC(CC(=O)Nc1cccc(NC(=O)c2cccs2)c1)C1CCNCC1. The largest absolute Gasteiger partial charge is 0.326 e. The van der Waals surface area contributed by atoms with Crippen molar-refractivity contribution in [1.82, 2.24) is 5.32 Å². The van der Waals surface area contributed by atoms with E-state index >= 15 is 0 Å². The molecule has 138 valence electrons. The van der Waals surface area contributed by atoms with Gasteiger partial charge < -0.3 is 16.0 Å². The number of rotatable bonds is 6. The number of amides is 2. The molecule has 0 aliphatic carbocycles. The van der Waals surface area contributed by atoms with Gasteiger partial charge in [0.25, 0.3) is 5.91 Å². The van der Waals surface area contributed by atoms with Gasteiger partial charge in [0.15, 0.2) is 0 Å². The summed E-state index contributed by atoms with van der Waals surface area (Å²) in [6.45, 7) is 4.25. The molecule has 1 unspecified atom stereocenters. The third kappa shape index (κ3) is 5.16. The van der Waals surface area contributed by atoms with Crippen molar-refractivity contribution in [3.8, 4) is 0 Å². The molecule has 3 rings (SSSR count). The van der Waals surface area contributed by atoms with Gasteiger partial charge in [-0.1, -0.05) is 19.1 Å². The first-order valence-electron chi connectivity index (χ1n) is 9.07. The normalized spacial score (nSPS) is 16.0. The number of hydrogen-bond acceptors (Lipinski definition) is 4. The minimum absolute atomic E-state index is 0.0257. The zero-order valence-corrected chi connectivity index (χ0v) is 15.8. The summed E-state index contributed by atoms with van der Waals surface area (Å²) >= 11 is 1.40. The third-order valence-corrected chi connectivity index (χ3v) is 5.71. The van der Waals surface area contributed by atoms with E-state index in [1.54, 1.807) is 12.1 Å². The van der Waals surface area contributed by atoms with Crippen LogP contribution >= 0.6 is 11.3 Å². The summed E-state index contributed by atoms with van der Waals surface area (Å²) in [6, 6.07) is 10.9. The van der Waals surface area contributed by atoms with Gasteiger partial charge in [-0.3, -0.25) is 9.59 Å². The molecule has 1 fully saturated rings. The summed E-state index contributed by atoms with van der Waals surface area (Å²) in [4.78, 5) is 25.2. The zero-order valence-electron chi connectivity index (χ0n) is 15.0. The molecule has 1 saturated heterocycles. The maximum absolute atomic E-state index is 12.4. The van der Waals surface area contributed by atoms with Gasteiger partial charge >= 0.3 is 0 Å². The first kappa shape index (κ1) is 18.6. The van der Waals surface area contributed by atoms with Crippen molar-refractivity contribution in [3.63, 3.8) is 0 Å². The van der Waals surface area contributed by atoms with Crippen molar-refractivity contribution in [3.05, 3.63) is 46.7 Å². The molecule has 2 amide bonds. The molecule has 1 atom stereocenters. The van der Waals surface area contributed by atoms with Crippen molar-refractivity contribution >= 4 is 34.5 Å². The van der Waals surface area contributed by atoms with Crippen LogP contribution in [0.4, 0.5) is 11.4 Å². The number of anilines is 2. The lowest BCUT2D eigenvalue weighted by atomic mass is 9.84. The Bertz CT molecular complexity index is 739. The van der Waals surface area contributed by atoms with E-state index in [2.05, 4.69) is 22.9 Å². The molecule has 1 aromatic heterocycles. The molecule has 1 aliphatic rings. The Labute approximate surface area is 158 Å². The molecule has 2 heterocycles. The Hall–Kier alpha value is -2.18. The van der Waals surface area contributed by atoms with Crippen LogP contribution in [0, 0.1) is 11.8 Å². The first-order chi connectivity index (χ1) is 12.6. The van der Waals surface area contributed by atoms with Gasteiger partial charge in [-0.25, -0.2) is 0 Å². The number of carbonyl (C=O) groups excluding carboxylic acids is 2. The smallest absolute Gasteiger partial charge is 0.265 e. The standard InChI is InChI=1S/C20H25N3O2S/c1-14(15-7-9-21-10-8-15)12-19(24)22-16-4-2-5-17(13-16)23-20(25)18-6-3-11-26-18/h2-6,11,13-15,21H,7-10,12H2,1H3,(H,22,24)(H,23,25). The number of nitrogens with one attached hydrogen (secondary N) is 3. The molecular weight excluding hydrogens is 346 g/mol. The van der Waals surface area contributed by atoms with E-state index in [0.29, 0.717) is 34.5 Å². The molecular formula is C20H25N3O2S. The number of benzene rings is 1. The van der Waals surface area contributed by atoms with Crippen LogP contribution in [0.15, 0.2) is 41.8 Å². The van der Waals surface area contributed by atoms with Crippen LogP contribution in [0.25, 0.3) is 0 Å². The van der Waals surface area contributed by atoms with Gasteiger partial charge in [0, 0.05) is 17.8 Å². The van der Waals surface area contributed by atoms with Crippen LogP contribution in [0.3, 0.4) is 0 Å². The van der Waals surface area contributed by atoms with Crippen LogP contribution < -0.4 is 16.0 Å². The fourth-order valence-corrected chi connectivity index (χ4v) is 3.98. The number of piperidine rings is 1. The lowest BCUT2D eigenvalue weighted by Gasteiger charge is -2.27. The Morgan fingerprint density at radius 2 is 1.88 bits per heavy atom. The summed E-state index contributed by atoms with van der Waals surface area (Å²) in [5, 5.41) is 11.1. The van der Waals surface area contributed by atoms with Crippen molar-refractivity contribution in [2.75, 3.05) is 23.7 Å². The summed E-state index contributed by atoms with van der Waals surface area (Å²) in [5.74, 6) is 0.873. The average molecular weight is 372 g/mol. The maximum atomic E-state index is 12.4. The van der Waals surface area contributed by atoms with Crippen LogP contribution in [0.2, 0.25) is 0 Å². The van der Waals surface area contributed by atoms with Gasteiger partial charge in [0.1, 0.15) is 0 Å². The minimum atomic E-state index is -0.136. The van der Waals surface area contributed by atoms with Crippen molar-refractivity contribution in [2.45, 2.75) is 26.2 Å². The molecule has 5 nitrogen and oxygen atoms in total. The second-order valence-electron chi connectivity index (χ2n) is 6.83. The van der Waals surface area contributed by atoms with Gasteiger partial charge in [-0.15, -0.1) is 11.3 Å². The highest BCUT2D eigenvalue weighted by Crippen LogP contribution is 2.25. The second kappa shape index (κ2) is 8.96. The molecule has 0 spiro atoms. The van der Waals surface area contributed by atoms with Crippen molar-refractivity contribution < 1.29 is 9.59 Å². The van der Waals surface area contributed by atoms with Crippen molar-refractivity contribution in [2.24, 2.45) is 11.8 Å². The molecule has 1 aliphatic heterocycles. The lowest BCUT2D eigenvalue weighted by molar-refractivity contribution is -0.117. The van der Waals surface area contributed by atoms with E-state index < -0.39 is 0 Å². The van der Waals surface area contributed by atoms with Gasteiger partial charge in [-0.2, -0.15) is 0 Å². The maximum Gasteiger partial charge on any atom is 0.265 e. The second-order valence-corrected chi connectivity index (χ2v) is 7.78. The van der Waals surface area contributed by atoms with E-state index in [1.165, 1.54) is 11.3 Å². The molecule has 2 aromatic rings. The summed E-state index contributed by atoms with van der Waals surface area (Å²) in [5.41, 5.74) is 1.38. The van der Waals surface area contributed by atoms with E-state index in [-0.39, 0.29) is 11.8 Å². The highest BCUT2D eigenvalue weighted by molar-refractivity contribution is 7.12. The van der Waals surface area contributed by atoms with Crippen LogP contribution in [-0.4, -0.2) is 24.9 Å². The van der Waals surface area contributed by atoms with Crippen LogP contribution in [0.1, 0.15) is 35.9 Å². The number of thiophene rings is 1. The van der Waals surface area contributed by atoms with Gasteiger partial charge in [0.2, 0.25) is 5.91 Å². The molecule has 0 bridgehead atoms. The number of carbonyl (C=O) groups is 2. The van der Waals surface area contributed by atoms with E-state index in [0.717, 1.165) is 25.9 Å². The molecule has 3 N–H and O–H groups in total. The Balaban J connectivity index is 1.54. The molecule has 26 heavy (non-hydrogen) atoms. The summed E-state index contributed by atoms with van der Waals surface area (Å²) in [7, 11) is 0. The first-order valence-corrected chi connectivity index (χ1v) is 9.95. The Kier molecular flexibility index (Phi) is 6.41. The fraction of sp³-hybridized carbons (Fsp3) is 0.400. The third-order valence-electron chi connectivity index (χ3n) is 4.85. The topological polar surface area (TPSA) is 70.2 Å². The van der Waals surface area contributed by atoms with Crippen LogP contribution in [0.5, 0.6) is 0 Å². The van der Waals surface area contributed by atoms with Gasteiger partial charge in [-0.05, 0) is 67.4 Å². The summed E-state index contributed by atoms with van der Waals surface area (Å²) < 4.78 is 0. The molecule has 0 radical (unpaired) electrons. The Morgan fingerprint density at radius 1 is 1.15 bits per heavy atom. The quantitative estimate of drug-likeness (QED) is 0.720. The predicted molar refractivity (Wildman–Crippen MR) is 107 cm³/mol. The molecule has 0 saturated carbocycles. The van der Waals surface area contributed by atoms with Crippen molar-refractivity contribution in [1.29, 1.82) is 0 Å². The molecule has 6 heteroatoms. The Morgan fingerprint density at radius 3 is 2.58 bits per heavy atom. The zero-order chi connectivity index (χ0) is 18.4. The van der Waals surface area contributed by atoms with E-state index in [9.17, 15) is 9.59 Å². The van der Waals surface area contributed by atoms with E-state index in [1.807, 2.05) is 29.6 Å². The van der Waals surface area contributed by atoms with E-state index in [4.69, 9.17) is 0 Å². The summed E-state index contributed by atoms with van der Waals surface area (Å²) in [6.07, 6.45) is 2.80. The fourth-order valence-electron chi connectivity index (χ4n) is 3.36. The van der Waals surface area contributed by atoms with Gasteiger partial charge in [0.05, 0.1) is 4.88 Å². The monoisotopic (exact) mass is 371 g/mol. The average Bonchev–Trinajstić information content (AvgIpc) is 3.17. The predicted octanol–water partition coefficient (Wildman–Crippen LogP) is 3.96. The number of hydrogen-bond donors (Lipinski definition) is 3.